The highest BCUT2D eigenvalue weighted by Gasteiger charge is 2.11. The van der Waals surface area contributed by atoms with Gasteiger partial charge in [0.1, 0.15) is 5.75 Å². The lowest BCUT2D eigenvalue weighted by atomic mass is 10.0. The Morgan fingerprint density at radius 3 is 2.65 bits per heavy atom. The van der Waals surface area contributed by atoms with Crippen molar-refractivity contribution in [3.05, 3.63) is 29.3 Å². The number of rotatable bonds is 7. The molecular weight excluding hydrogens is 214 g/mol. The van der Waals surface area contributed by atoms with Crippen molar-refractivity contribution in [2.75, 3.05) is 27.4 Å². The molecule has 3 heteroatoms. The minimum atomic E-state index is 0.231. The summed E-state index contributed by atoms with van der Waals surface area (Å²) in [6.07, 6.45) is 1.11. The number of benzene rings is 1. The summed E-state index contributed by atoms with van der Waals surface area (Å²) in [4.78, 5) is 0. The van der Waals surface area contributed by atoms with Crippen LogP contribution in [0.5, 0.6) is 5.75 Å². The number of nitrogens with one attached hydrogen (secondary N) is 1. The topological polar surface area (TPSA) is 30.5 Å². The number of ether oxygens (including phenoxy) is 2. The Morgan fingerprint density at radius 2 is 2.06 bits per heavy atom. The summed E-state index contributed by atoms with van der Waals surface area (Å²) >= 11 is 0. The molecule has 1 unspecified atom stereocenters. The first-order valence-corrected chi connectivity index (χ1v) is 6.09. The van der Waals surface area contributed by atoms with Crippen molar-refractivity contribution < 1.29 is 9.47 Å². The van der Waals surface area contributed by atoms with Crippen molar-refractivity contribution in [1.82, 2.24) is 5.32 Å². The van der Waals surface area contributed by atoms with Crippen LogP contribution >= 0.6 is 0 Å². The van der Waals surface area contributed by atoms with E-state index in [1.165, 1.54) is 5.56 Å². The van der Waals surface area contributed by atoms with Gasteiger partial charge in [0.25, 0.3) is 0 Å². The van der Waals surface area contributed by atoms with Gasteiger partial charge in [0, 0.05) is 7.11 Å². The Hall–Kier alpha value is -1.06. The van der Waals surface area contributed by atoms with E-state index in [0.29, 0.717) is 6.61 Å². The Labute approximate surface area is 104 Å². The van der Waals surface area contributed by atoms with E-state index in [9.17, 15) is 0 Å². The maximum absolute atomic E-state index is 5.35. The summed E-state index contributed by atoms with van der Waals surface area (Å²) in [6, 6.07) is 6.53. The maximum Gasteiger partial charge on any atom is 0.122 e. The molecule has 0 spiro atoms. The van der Waals surface area contributed by atoms with Crippen LogP contribution in [0.3, 0.4) is 0 Å². The van der Waals surface area contributed by atoms with Crippen LogP contribution in [0, 0.1) is 6.92 Å². The molecule has 0 amide bonds. The minimum absolute atomic E-state index is 0.231. The molecule has 1 N–H and O–H groups in total. The summed E-state index contributed by atoms with van der Waals surface area (Å²) in [5.41, 5.74) is 2.37. The number of aryl methyl sites for hydroxylation is 1. The van der Waals surface area contributed by atoms with E-state index in [0.717, 1.165) is 24.3 Å². The van der Waals surface area contributed by atoms with Gasteiger partial charge in [-0.1, -0.05) is 19.1 Å². The third-order valence-corrected chi connectivity index (χ3v) is 2.81. The quantitative estimate of drug-likeness (QED) is 0.791. The fraction of sp³-hybridized carbons (Fsp3) is 0.571. The van der Waals surface area contributed by atoms with E-state index in [2.05, 4.69) is 30.4 Å². The first-order valence-electron chi connectivity index (χ1n) is 6.09. The molecule has 1 aromatic rings. The van der Waals surface area contributed by atoms with Gasteiger partial charge in [0.05, 0.1) is 19.8 Å². The predicted octanol–water partition coefficient (Wildman–Crippen LogP) is 2.69. The van der Waals surface area contributed by atoms with Crippen LogP contribution in [0.15, 0.2) is 18.2 Å². The van der Waals surface area contributed by atoms with Gasteiger partial charge in [0.15, 0.2) is 0 Å². The molecule has 0 bridgehead atoms. The average Bonchev–Trinajstić information content (AvgIpc) is 2.35. The Kier molecular flexibility index (Phi) is 6.01. The molecule has 0 saturated carbocycles. The Balaban J connectivity index is 2.85. The van der Waals surface area contributed by atoms with Gasteiger partial charge >= 0.3 is 0 Å². The molecule has 0 aromatic heterocycles. The van der Waals surface area contributed by atoms with Gasteiger partial charge in [-0.15, -0.1) is 0 Å². The summed E-state index contributed by atoms with van der Waals surface area (Å²) < 4.78 is 10.6. The molecule has 0 fully saturated rings. The first-order chi connectivity index (χ1) is 8.22. The fourth-order valence-electron chi connectivity index (χ4n) is 1.81. The van der Waals surface area contributed by atoms with Crippen molar-refractivity contribution in [2.24, 2.45) is 0 Å². The summed E-state index contributed by atoms with van der Waals surface area (Å²) in [6.45, 7) is 5.87. The largest absolute Gasteiger partial charge is 0.496 e. The molecule has 0 saturated heterocycles. The van der Waals surface area contributed by atoms with Crippen LogP contribution in [-0.2, 0) is 4.74 Å². The smallest absolute Gasteiger partial charge is 0.122 e. The highest BCUT2D eigenvalue weighted by Crippen LogP contribution is 2.23. The van der Waals surface area contributed by atoms with Gasteiger partial charge in [-0.25, -0.2) is 0 Å². The zero-order valence-electron chi connectivity index (χ0n) is 11.2. The third-order valence-electron chi connectivity index (χ3n) is 2.81. The number of hydrogen-bond acceptors (Lipinski definition) is 3. The van der Waals surface area contributed by atoms with E-state index in [-0.39, 0.29) is 6.04 Å². The van der Waals surface area contributed by atoms with Crippen molar-refractivity contribution >= 4 is 0 Å². The molecule has 0 heterocycles. The van der Waals surface area contributed by atoms with Crippen LogP contribution in [0.4, 0.5) is 0 Å². The molecule has 0 aliphatic heterocycles. The predicted molar refractivity (Wildman–Crippen MR) is 70.6 cm³/mol. The van der Waals surface area contributed by atoms with Crippen LogP contribution in [0.1, 0.15) is 30.5 Å². The molecule has 0 aliphatic rings. The van der Waals surface area contributed by atoms with E-state index in [1.54, 1.807) is 14.2 Å². The van der Waals surface area contributed by atoms with Crippen LogP contribution in [0.25, 0.3) is 0 Å². The highest BCUT2D eigenvalue weighted by molar-refractivity contribution is 5.37. The van der Waals surface area contributed by atoms with Crippen molar-refractivity contribution in [3.8, 4) is 5.75 Å². The van der Waals surface area contributed by atoms with E-state index >= 15 is 0 Å². The van der Waals surface area contributed by atoms with E-state index < -0.39 is 0 Å². The molecule has 1 atom stereocenters. The lowest BCUT2D eigenvalue weighted by Gasteiger charge is -2.19. The molecular formula is C14H23NO2. The van der Waals surface area contributed by atoms with Gasteiger partial charge in [-0.2, -0.15) is 0 Å². The standard InChI is InChI=1S/C14H23NO2/c1-5-8-15-13(10-16-3)12-7-6-11(2)14(9-12)17-4/h6-7,9,13,15H,5,8,10H2,1-4H3. The third kappa shape index (κ3) is 4.02. The number of methoxy groups -OCH3 is 2. The van der Waals surface area contributed by atoms with Crippen molar-refractivity contribution in [2.45, 2.75) is 26.3 Å². The van der Waals surface area contributed by atoms with Gasteiger partial charge < -0.3 is 14.8 Å². The van der Waals surface area contributed by atoms with Crippen LogP contribution < -0.4 is 10.1 Å². The number of hydrogen-bond donors (Lipinski definition) is 1. The highest BCUT2D eigenvalue weighted by atomic mass is 16.5. The maximum atomic E-state index is 5.35. The summed E-state index contributed by atoms with van der Waals surface area (Å²) in [5.74, 6) is 0.932. The fourth-order valence-corrected chi connectivity index (χ4v) is 1.81. The molecule has 96 valence electrons. The second-order valence-corrected chi connectivity index (χ2v) is 4.19. The molecule has 1 aromatic carbocycles. The Morgan fingerprint density at radius 1 is 1.29 bits per heavy atom. The SMILES string of the molecule is CCCNC(COC)c1ccc(C)c(OC)c1. The van der Waals surface area contributed by atoms with Gasteiger partial charge in [-0.3, -0.25) is 0 Å². The lowest BCUT2D eigenvalue weighted by molar-refractivity contribution is 0.167. The zero-order valence-corrected chi connectivity index (χ0v) is 11.2. The molecule has 0 aliphatic carbocycles. The average molecular weight is 237 g/mol. The van der Waals surface area contributed by atoms with Crippen LogP contribution in [-0.4, -0.2) is 27.4 Å². The van der Waals surface area contributed by atoms with Crippen molar-refractivity contribution in [3.63, 3.8) is 0 Å². The normalized spacial score (nSPS) is 12.5. The minimum Gasteiger partial charge on any atom is -0.496 e. The molecule has 17 heavy (non-hydrogen) atoms. The lowest BCUT2D eigenvalue weighted by Crippen LogP contribution is -2.25. The zero-order chi connectivity index (χ0) is 12.7. The van der Waals surface area contributed by atoms with Gasteiger partial charge in [0.2, 0.25) is 0 Å². The molecule has 3 nitrogen and oxygen atoms in total. The molecule has 0 radical (unpaired) electrons. The summed E-state index contributed by atoms with van der Waals surface area (Å²) in [7, 11) is 3.43. The van der Waals surface area contributed by atoms with Gasteiger partial charge in [-0.05, 0) is 37.1 Å². The van der Waals surface area contributed by atoms with E-state index in [1.807, 2.05) is 6.92 Å². The molecule has 1 rings (SSSR count). The second-order valence-electron chi connectivity index (χ2n) is 4.19. The van der Waals surface area contributed by atoms with E-state index in [4.69, 9.17) is 9.47 Å². The summed E-state index contributed by atoms with van der Waals surface area (Å²) in [5, 5.41) is 3.48. The van der Waals surface area contributed by atoms with Crippen molar-refractivity contribution in [1.29, 1.82) is 0 Å². The Bertz CT molecular complexity index is 339. The first kappa shape index (κ1) is 14.0. The second kappa shape index (κ2) is 7.30. The monoisotopic (exact) mass is 237 g/mol. The van der Waals surface area contributed by atoms with Crippen LogP contribution in [0.2, 0.25) is 0 Å².